The van der Waals surface area contributed by atoms with Gasteiger partial charge in [0, 0.05) is 30.5 Å². The first kappa shape index (κ1) is 31.2. The van der Waals surface area contributed by atoms with Crippen LogP contribution in [-0.4, -0.2) is 93.2 Å². The largest absolute Gasteiger partial charge is 0.478 e. The van der Waals surface area contributed by atoms with Crippen LogP contribution in [0.2, 0.25) is 4.34 Å². The predicted octanol–water partition coefficient (Wildman–Crippen LogP) is 0.526. The Morgan fingerprint density at radius 2 is 2.23 bits per heavy atom. The van der Waals surface area contributed by atoms with Crippen LogP contribution in [0.15, 0.2) is 40.8 Å². The van der Waals surface area contributed by atoms with Gasteiger partial charge in [-0.1, -0.05) is 28.1 Å². The molecule has 232 valence electrons. The van der Waals surface area contributed by atoms with E-state index in [0.717, 1.165) is 46.9 Å². The number of amides is 2. The SMILES string of the molecule is CNCCNc1cc2c(ccc[n+]2CC2=C(C=O)N3C(=O)C(NC(=O)/C(=N\O[C@@H](C)C(=O)O)c4nc(N)sc4Cl)C3SC2)[nH]1. The Morgan fingerprint density at radius 1 is 1.43 bits per heavy atom. The fraction of sp³-hybridized carbons (Fsp3) is 0.346. The van der Waals surface area contributed by atoms with Gasteiger partial charge in [-0.2, -0.15) is 4.57 Å². The Bertz CT molecular complexity index is 1690. The van der Waals surface area contributed by atoms with Gasteiger partial charge in [-0.3, -0.25) is 19.3 Å². The average Bonchev–Trinajstić information content (AvgIpc) is 3.57. The van der Waals surface area contributed by atoms with E-state index < -0.39 is 41.0 Å². The summed E-state index contributed by atoms with van der Waals surface area (Å²) in [6.07, 6.45) is 1.19. The molecule has 1 fully saturated rings. The zero-order valence-electron chi connectivity index (χ0n) is 23.5. The Hall–Kier alpha value is -4.19. The number of anilines is 2. The molecular weight excluding hydrogens is 634 g/mol. The molecule has 2 unspecified atom stereocenters. The van der Waals surface area contributed by atoms with E-state index in [-0.39, 0.29) is 20.9 Å². The molecule has 5 rings (SSSR count). The van der Waals surface area contributed by atoms with Crippen LogP contribution in [0.1, 0.15) is 12.6 Å². The van der Waals surface area contributed by atoms with Crippen LogP contribution in [0.4, 0.5) is 10.9 Å². The van der Waals surface area contributed by atoms with Crippen LogP contribution in [-0.2, 0) is 30.6 Å². The first-order valence-electron chi connectivity index (χ1n) is 13.3. The fourth-order valence-electron chi connectivity index (χ4n) is 4.67. The van der Waals surface area contributed by atoms with Crippen LogP contribution in [0.3, 0.4) is 0 Å². The lowest BCUT2D eigenvalue weighted by Crippen LogP contribution is -2.70. The summed E-state index contributed by atoms with van der Waals surface area (Å²) in [5, 5.41) is 21.3. The van der Waals surface area contributed by atoms with E-state index in [2.05, 4.69) is 31.1 Å². The number of oxime groups is 1. The molecule has 3 aromatic heterocycles. The molecule has 3 aromatic rings. The molecule has 2 amide bonds. The summed E-state index contributed by atoms with van der Waals surface area (Å²) in [5.74, 6) is -1.37. The lowest BCUT2D eigenvalue weighted by Gasteiger charge is -2.49. The third kappa shape index (κ3) is 6.21. The lowest BCUT2D eigenvalue weighted by atomic mass is 10.0. The number of carbonyl (C=O) groups excluding carboxylic acids is 3. The number of nitrogen functional groups attached to an aromatic ring is 1. The first-order chi connectivity index (χ1) is 21.1. The topological polar surface area (TPSA) is 208 Å². The smallest absolute Gasteiger partial charge is 0.347 e. The van der Waals surface area contributed by atoms with E-state index in [4.69, 9.17) is 27.3 Å². The number of allylic oxidation sites excluding steroid dienone is 1. The van der Waals surface area contributed by atoms with Crippen molar-refractivity contribution < 1.29 is 33.7 Å². The van der Waals surface area contributed by atoms with Gasteiger partial charge in [0.1, 0.15) is 32.8 Å². The zero-order chi connectivity index (χ0) is 31.5. The molecule has 3 atom stereocenters. The summed E-state index contributed by atoms with van der Waals surface area (Å²) < 4.78 is 2.03. The number of likely N-dealkylation sites (N-methyl/N-ethyl adjacent to an activating group) is 1. The average molecular weight is 663 g/mol. The number of aromatic nitrogens is 3. The third-order valence-corrected chi connectivity index (χ3v) is 9.32. The number of nitrogens with one attached hydrogen (secondary N) is 4. The number of pyridine rings is 1. The molecule has 0 spiro atoms. The van der Waals surface area contributed by atoms with Crippen molar-refractivity contribution >= 4 is 86.5 Å². The highest BCUT2D eigenvalue weighted by molar-refractivity contribution is 8.00. The van der Waals surface area contributed by atoms with Crippen LogP contribution in [0.25, 0.3) is 11.0 Å². The number of carbonyl (C=O) groups is 4. The number of rotatable bonds is 13. The minimum atomic E-state index is -1.38. The van der Waals surface area contributed by atoms with Crippen molar-refractivity contribution in [2.45, 2.75) is 31.0 Å². The number of hydrogen-bond acceptors (Lipinski definition) is 12. The van der Waals surface area contributed by atoms with Crippen molar-refractivity contribution in [3.8, 4) is 0 Å². The summed E-state index contributed by atoms with van der Waals surface area (Å²) in [5.41, 5.74) is 8.01. The van der Waals surface area contributed by atoms with Gasteiger partial charge in [0.15, 0.2) is 29.9 Å². The molecule has 7 N–H and O–H groups in total. The number of halogens is 1. The maximum atomic E-state index is 13.3. The van der Waals surface area contributed by atoms with Gasteiger partial charge in [-0.25, -0.2) is 9.78 Å². The number of carboxylic acids is 1. The van der Waals surface area contributed by atoms with Gasteiger partial charge in [-0.05, 0) is 20.0 Å². The van der Waals surface area contributed by atoms with Crippen LogP contribution >= 0.6 is 34.7 Å². The van der Waals surface area contributed by atoms with E-state index in [1.807, 2.05) is 36.0 Å². The molecule has 0 saturated carbocycles. The Morgan fingerprint density at radius 3 is 2.91 bits per heavy atom. The van der Waals surface area contributed by atoms with Crippen molar-refractivity contribution in [1.29, 1.82) is 0 Å². The molecular formula is C26H29ClN9O6S2+. The maximum absolute atomic E-state index is 13.3. The Kier molecular flexibility index (Phi) is 9.38. The highest BCUT2D eigenvalue weighted by Crippen LogP contribution is 2.40. The number of thiazole rings is 1. The highest BCUT2D eigenvalue weighted by Gasteiger charge is 2.53. The summed E-state index contributed by atoms with van der Waals surface area (Å²) >= 11 is 8.47. The summed E-state index contributed by atoms with van der Waals surface area (Å²) in [6, 6.07) is 4.86. The second-order valence-corrected chi connectivity index (χ2v) is 12.6. The van der Waals surface area contributed by atoms with Crippen molar-refractivity contribution in [1.82, 2.24) is 25.5 Å². The Balaban J connectivity index is 1.34. The number of β-lactam (4-membered cyclic amide) rings is 1. The van der Waals surface area contributed by atoms with Gasteiger partial charge in [0.05, 0.1) is 11.8 Å². The van der Waals surface area contributed by atoms with E-state index in [1.54, 1.807) is 0 Å². The van der Waals surface area contributed by atoms with E-state index in [9.17, 15) is 19.2 Å². The van der Waals surface area contributed by atoms with Crippen LogP contribution in [0.5, 0.6) is 0 Å². The number of nitrogens with zero attached hydrogens (tertiary/aromatic N) is 4. The molecule has 15 nitrogen and oxygen atoms in total. The van der Waals surface area contributed by atoms with Gasteiger partial charge in [-0.15, -0.1) is 11.8 Å². The maximum Gasteiger partial charge on any atom is 0.347 e. The van der Waals surface area contributed by atoms with Gasteiger partial charge >= 0.3 is 5.97 Å². The van der Waals surface area contributed by atoms with Crippen molar-refractivity contribution in [3.63, 3.8) is 0 Å². The third-order valence-electron chi connectivity index (χ3n) is 6.90. The standard InChI is InChI=1S/C26H28ClN9O6S2/c1-12(25(40)41)42-34-19(18-21(27)44-26(28)33-18)22(38)32-20-23(39)36-16(10-37)13(11-43-24(20)36)9-35-7-3-4-14-15(35)8-17(31-14)30-6-5-29-2/h3-4,7-8,10,12,20,24,29H,5-6,9,11H2,1-2H3,(H5,28,30,31,32,33,38,40,41)/p+1/b34-19-/t12-,20?,24?/m0/s1. The van der Waals surface area contributed by atoms with Crippen LogP contribution < -0.4 is 26.3 Å². The lowest BCUT2D eigenvalue weighted by molar-refractivity contribution is -0.663. The molecule has 0 aromatic carbocycles. The number of H-pyrrole nitrogens is 1. The molecule has 2 aliphatic rings. The van der Waals surface area contributed by atoms with E-state index in [1.165, 1.54) is 23.6 Å². The molecule has 18 heteroatoms. The molecule has 2 aliphatic heterocycles. The predicted molar refractivity (Wildman–Crippen MR) is 165 cm³/mol. The number of aliphatic carboxylic acids is 1. The number of fused-ring (bicyclic) bond motifs is 2. The van der Waals surface area contributed by atoms with E-state index >= 15 is 0 Å². The number of hydrogen-bond donors (Lipinski definition) is 6. The molecule has 0 bridgehead atoms. The number of thioether (sulfide) groups is 1. The molecule has 44 heavy (non-hydrogen) atoms. The second-order valence-electron chi connectivity index (χ2n) is 9.82. The fourth-order valence-corrected chi connectivity index (χ4v) is 6.95. The molecule has 1 saturated heterocycles. The van der Waals surface area contributed by atoms with E-state index in [0.29, 0.717) is 18.6 Å². The first-order valence-corrected chi connectivity index (χ1v) is 15.6. The van der Waals surface area contributed by atoms with Gasteiger partial charge in [0.25, 0.3) is 11.8 Å². The van der Waals surface area contributed by atoms with Crippen molar-refractivity contribution in [3.05, 3.63) is 45.7 Å². The van der Waals surface area contributed by atoms with Gasteiger partial charge < -0.3 is 36.6 Å². The minimum Gasteiger partial charge on any atom is -0.478 e. The zero-order valence-corrected chi connectivity index (χ0v) is 25.9. The van der Waals surface area contributed by atoms with Crippen molar-refractivity contribution in [2.24, 2.45) is 5.16 Å². The van der Waals surface area contributed by atoms with Crippen molar-refractivity contribution in [2.75, 3.05) is 36.9 Å². The Labute approximate surface area is 263 Å². The molecule has 5 heterocycles. The minimum absolute atomic E-state index is 0.0308. The summed E-state index contributed by atoms with van der Waals surface area (Å²) in [7, 11) is 1.88. The normalized spacial score (nSPS) is 18.9. The summed E-state index contributed by atoms with van der Waals surface area (Å²) in [6.45, 7) is 3.14. The molecule has 0 aliphatic carbocycles. The monoisotopic (exact) mass is 662 g/mol. The highest BCUT2D eigenvalue weighted by atomic mass is 35.5. The summed E-state index contributed by atoms with van der Waals surface area (Å²) in [4.78, 5) is 63.7. The quantitative estimate of drug-likeness (QED) is 0.0371. The van der Waals surface area contributed by atoms with Gasteiger partial charge in [0.2, 0.25) is 11.6 Å². The molecule has 0 radical (unpaired) electrons. The number of aromatic amines is 1. The van der Waals surface area contributed by atoms with Crippen LogP contribution in [0, 0.1) is 0 Å². The number of nitrogens with two attached hydrogens (primary N) is 1. The number of aldehydes is 1. The number of carboxylic acid groups (broad SMARTS) is 1. The second kappa shape index (κ2) is 13.2.